The van der Waals surface area contributed by atoms with Gasteiger partial charge in [0.1, 0.15) is 5.72 Å². The third-order valence-corrected chi connectivity index (χ3v) is 1.50. The number of rotatable bonds is 1. The van der Waals surface area contributed by atoms with Crippen molar-refractivity contribution < 1.29 is 0 Å². The lowest BCUT2D eigenvalue weighted by Gasteiger charge is -1.93. The van der Waals surface area contributed by atoms with Crippen LogP contribution in [0.4, 0.5) is 0 Å². The zero-order chi connectivity index (χ0) is 6.69. The third kappa shape index (κ3) is 1.93. The number of nitrogens with zero attached hydrogens (tertiary/aromatic N) is 2. The molecule has 9 heavy (non-hydrogen) atoms. The van der Waals surface area contributed by atoms with Crippen LogP contribution >= 0.6 is 22.4 Å². The monoisotopic (exact) mass is 232 g/mol. The normalized spacial score (nSPS) is 9.11. The van der Waals surface area contributed by atoms with Crippen molar-refractivity contribution in [1.82, 2.24) is 9.97 Å². The van der Waals surface area contributed by atoms with Crippen molar-refractivity contribution in [3.05, 3.63) is 18.5 Å². The summed E-state index contributed by atoms with van der Waals surface area (Å²) < 4.78 is 0.406. The van der Waals surface area contributed by atoms with Crippen LogP contribution in [0.1, 0.15) is 0 Å². The number of hydrogen-bond acceptors (Lipinski definition) is 2. The Bertz CT molecular complexity index is 178. The summed E-state index contributed by atoms with van der Waals surface area (Å²) in [6.07, 6.45) is 3.52. The van der Waals surface area contributed by atoms with Crippen LogP contribution in [0, 0.1) is 0 Å². The van der Waals surface area contributed by atoms with E-state index in [1.807, 2.05) is 6.07 Å². The van der Waals surface area contributed by atoms with E-state index in [2.05, 4.69) is 39.2 Å². The van der Waals surface area contributed by atoms with E-state index in [0.717, 1.165) is 5.72 Å². The standard InChI is InChI=1S/C5H6BIN2/c1-6(7)5-8-3-2-4-9-5/h2-4H,1H3. The molecule has 0 fully saturated rings. The highest BCUT2D eigenvalue weighted by molar-refractivity contribution is 14.1. The van der Waals surface area contributed by atoms with E-state index in [0.29, 0.717) is 4.57 Å². The van der Waals surface area contributed by atoms with Gasteiger partial charge in [-0.25, -0.2) is 0 Å². The lowest BCUT2D eigenvalue weighted by molar-refractivity contribution is 1.23. The highest BCUT2D eigenvalue weighted by Gasteiger charge is 2.05. The van der Waals surface area contributed by atoms with Gasteiger partial charge >= 0.3 is 0 Å². The molecule has 1 heterocycles. The van der Waals surface area contributed by atoms with E-state index in [9.17, 15) is 0 Å². The van der Waals surface area contributed by atoms with Gasteiger partial charge in [0.25, 0.3) is 4.57 Å². The maximum atomic E-state index is 4.06. The molecule has 0 amide bonds. The minimum absolute atomic E-state index is 0.406. The average molecular weight is 232 g/mol. The fourth-order valence-corrected chi connectivity index (χ4v) is 0.838. The molecule has 1 aromatic heterocycles. The lowest BCUT2D eigenvalue weighted by Crippen LogP contribution is -2.26. The van der Waals surface area contributed by atoms with E-state index in [1.165, 1.54) is 0 Å². The average Bonchev–Trinajstić information content (AvgIpc) is 1.90. The molecule has 1 aromatic rings. The largest absolute Gasteiger partial charge is 0.294 e. The molecule has 0 saturated heterocycles. The van der Waals surface area contributed by atoms with E-state index in [-0.39, 0.29) is 0 Å². The molecule has 0 aliphatic rings. The molecule has 0 bridgehead atoms. The van der Waals surface area contributed by atoms with Crippen LogP contribution in [0.25, 0.3) is 0 Å². The van der Waals surface area contributed by atoms with E-state index in [4.69, 9.17) is 0 Å². The Morgan fingerprint density at radius 3 is 2.33 bits per heavy atom. The molecule has 0 radical (unpaired) electrons. The minimum atomic E-state index is 0.406. The van der Waals surface area contributed by atoms with E-state index < -0.39 is 0 Å². The summed E-state index contributed by atoms with van der Waals surface area (Å²) in [6, 6.07) is 1.82. The summed E-state index contributed by atoms with van der Waals surface area (Å²) in [5.41, 5.74) is 0.901. The number of aromatic nitrogens is 2. The third-order valence-electron chi connectivity index (χ3n) is 0.942. The van der Waals surface area contributed by atoms with Crippen molar-refractivity contribution in [1.29, 1.82) is 0 Å². The summed E-state index contributed by atoms with van der Waals surface area (Å²) in [6.45, 7) is 2.07. The van der Waals surface area contributed by atoms with Crippen LogP contribution in [0.2, 0.25) is 6.82 Å². The molecule has 0 aromatic carbocycles. The van der Waals surface area contributed by atoms with E-state index >= 15 is 0 Å². The highest BCUT2D eigenvalue weighted by Crippen LogP contribution is 1.88. The molecule has 0 N–H and O–H groups in total. The van der Waals surface area contributed by atoms with Crippen LogP contribution in [-0.4, -0.2) is 14.5 Å². The van der Waals surface area contributed by atoms with Crippen LogP contribution in [0.15, 0.2) is 18.5 Å². The molecule has 0 saturated carbocycles. The maximum Gasteiger partial charge on any atom is 0.294 e. The van der Waals surface area contributed by atoms with Gasteiger partial charge < -0.3 is 0 Å². The molecule has 0 unspecified atom stereocenters. The van der Waals surface area contributed by atoms with Gasteiger partial charge in [0.05, 0.1) is 0 Å². The molecule has 0 atom stereocenters. The predicted octanol–water partition coefficient (Wildman–Crippen LogP) is 0.740. The fourth-order valence-electron chi connectivity index (χ4n) is 0.516. The SMILES string of the molecule is CB(I)c1ncccn1. The van der Waals surface area contributed by atoms with Gasteiger partial charge in [-0.2, -0.15) is 0 Å². The molecule has 0 aliphatic heterocycles. The molecule has 0 aliphatic carbocycles. The van der Waals surface area contributed by atoms with Gasteiger partial charge in [-0.15, -0.1) is 22.4 Å². The van der Waals surface area contributed by atoms with Gasteiger partial charge in [-0.3, -0.25) is 9.97 Å². The quantitative estimate of drug-likeness (QED) is 0.527. The summed E-state index contributed by atoms with van der Waals surface area (Å²) in [5, 5.41) is 0. The first kappa shape index (κ1) is 6.99. The van der Waals surface area contributed by atoms with Crippen molar-refractivity contribution in [2.45, 2.75) is 6.82 Å². The Kier molecular flexibility index (Phi) is 2.44. The second-order valence-electron chi connectivity index (χ2n) is 1.72. The molecule has 1 rings (SSSR count). The van der Waals surface area contributed by atoms with Crippen molar-refractivity contribution >= 4 is 32.7 Å². The molecule has 0 spiro atoms. The van der Waals surface area contributed by atoms with Gasteiger partial charge in [-0.1, -0.05) is 6.82 Å². The van der Waals surface area contributed by atoms with Gasteiger partial charge in [-0.05, 0) is 6.07 Å². The van der Waals surface area contributed by atoms with E-state index in [1.54, 1.807) is 12.4 Å². The first-order valence-corrected chi connectivity index (χ1v) is 3.96. The first-order valence-electron chi connectivity index (χ1n) is 2.71. The summed E-state index contributed by atoms with van der Waals surface area (Å²) in [5.74, 6) is 0. The summed E-state index contributed by atoms with van der Waals surface area (Å²) in [4.78, 5) is 8.12. The Morgan fingerprint density at radius 2 is 2.00 bits per heavy atom. The molecule has 46 valence electrons. The molecular weight excluding hydrogens is 226 g/mol. The summed E-state index contributed by atoms with van der Waals surface area (Å²) >= 11 is 2.28. The van der Waals surface area contributed by atoms with Gasteiger partial charge in [0, 0.05) is 12.4 Å². The molecular formula is C5H6BIN2. The Hall–Kier alpha value is -0.125. The Morgan fingerprint density at radius 1 is 1.44 bits per heavy atom. The lowest BCUT2D eigenvalue weighted by atomic mass is 9.81. The minimum Gasteiger partial charge on any atom is -0.251 e. The second kappa shape index (κ2) is 3.15. The first-order chi connectivity index (χ1) is 4.30. The highest BCUT2D eigenvalue weighted by atomic mass is 127. The molecule has 4 heteroatoms. The summed E-state index contributed by atoms with van der Waals surface area (Å²) in [7, 11) is 0. The smallest absolute Gasteiger partial charge is 0.251 e. The van der Waals surface area contributed by atoms with Crippen LogP contribution in [0.3, 0.4) is 0 Å². The van der Waals surface area contributed by atoms with Gasteiger partial charge in [0.15, 0.2) is 0 Å². The van der Waals surface area contributed by atoms with Crippen molar-refractivity contribution in [3.8, 4) is 0 Å². The molecule has 2 nitrogen and oxygen atoms in total. The number of hydrogen-bond donors (Lipinski definition) is 0. The fraction of sp³-hybridized carbons (Fsp3) is 0.200. The Labute approximate surface area is 68.1 Å². The van der Waals surface area contributed by atoms with Crippen LogP contribution in [-0.2, 0) is 0 Å². The zero-order valence-corrected chi connectivity index (χ0v) is 7.24. The zero-order valence-electron chi connectivity index (χ0n) is 5.08. The number of halogens is 1. The van der Waals surface area contributed by atoms with Crippen LogP contribution < -0.4 is 5.72 Å². The Balaban J connectivity index is 2.85. The topological polar surface area (TPSA) is 25.8 Å². The van der Waals surface area contributed by atoms with Crippen molar-refractivity contribution in [2.24, 2.45) is 0 Å². The predicted molar refractivity (Wildman–Crippen MR) is 47.3 cm³/mol. The van der Waals surface area contributed by atoms with Crippen molar-refractivity contribution in [3.63, 3.8) is 0 Å². The second-order valence-corrected chi connectivity index (χ2v) is 3.59. The van der Waals surface area contributed by atoms with Gasteiger partial charge in [0.2, 0.25) is 0 Å². The van der Waals surface area contributed by atoms with Crippen molar-refractivity contribution in [2.75, 3.05) is 0 Å². The van der Waals surface area contributed by atoms with Crippen LogP contribution in [0.5, 0.6) is 0 Å². The maximum absolute atomic E-state index is 4.06.